The second-order valence-electron chi connectivity index (χ2n) is 15.9. The lowest BCUT2D eigenvalue weighted by Gasteiger charge is -2.48. The molecule has 10 nitrogen and oxygen atoms in total. The van der Waals surface area contributed by atoms with Crippen molar-refractivity contribution in [2.75, 3.05) is 26.9 Å². The van der Waals surface area contributed by atoms with Gasteiger partial charge in [0.15, 0.2) is 31.3 Å². The predicted molar refractivity (Wildman–Crippen MR) is 177 cm³/mol. The monoisotopic (exact) mass is 670 g/mol. The second kappa shape index (κ2) is 16.4. The van der Waals surface area contributed by atoms with Crippen molar-refractivity contribution in [3.8, 4) is 0 Å². The third-order valence-electron chi connectivity index (χ3n) is 13.4. The van der Waals surface area contributed by atoms with Crippen LogP contribution in [0.3, 0.4) is 0 Å². The van der Waals surface area contributed by atoms with Crippen LogP contribution in [0.25, 0.3) is 0 Å². The van der Waals surface area contributed by atoms with Crippen LogP contribution < -0.4 is 0 Å². The summed E-state index contributed by atoms with van der Waals surface area (Å²) in [6.45, 7) is 27.2. The first-order valence-corrected chi connectivity index (χ1v) is 18.3. The van der Waals surface area contributed by atoms with E-state index in [1.54, 1.807) is 7.11 Å². The number of aliphatic carboxylic acids is 1. The van der Waals surface area contributed by atoms with E-state index >= 15 is 0 Å². The van der Waals surface area contributed by atoms with Crippen molar-refractivity contribution in [1.82, 2.24) is 0 Å². The fraction of sp³-hybridized carbons (Fsp3) is 0.973. The maximum absolute atomic E-state index is 11.9. The minimum Gasteiger partial charge on any atom is -0.479 e. The first kappa shape index (κ1) is 38.9. The highest BCUT2D eigenvalue weighted by Crippen LogP contribution is 2.42. The number of ether oxygens (including phenoxy) is 8. The molecular weight excluding hydrogens is 604 g/mol. The zero-order valence-corrected chi connectivity index (χ0v) is 31.3. The van der Waals surface area contributed by atoms with Crippen LogP contribution in [-0.2, 0) is 42.7 Å². The molecule has 0 aromatic rings. The summed E-state index contributed by atoms with van der Waals surface area (Å²) in [4.78, 5) is 11.9. The van der Waals surface area contributed by atoms with Crippen molar-refractivity contribution in [1.29, 1.82) is 0 Å². The SMILES string of the molecule is CO[C@@H]1OC(C)[C@@H](C)[C@H](CO[C@@H]2OC(C)[C@@H](C)[C@H](CO[C@@H]3OC(C)[C@@H](C)[C@H](C)C3C)C2C)C1CO[C@H]1OC(C(=O)O)[C@@H](C)[C@@H](C)C1C. The van der Waals surface area contributed by atoms with Crippen LogP contribution in [0.4, 0.5) is 0 Å². The molecule has 0 saturated carbocycles. The van der Waals surface area contributed by atoms with Gasteiger partial charge in [-0.25, -0.2) is 4.79 Å². The van der Waals surface area contributed by atoms with E-state index in [0.29, 0.717) is 43.5 Å². The number of hydrogen-bond donors (Lipinski definition) is 1. The molecule has 8 unspecified atom stereocenters. The molecule has 274 valence electrons. The summed E-state index contributed by atoms with van der Waals surface area (Å²) in [6.07, 6.45) is -2.48. The number of rotatable bonds is 11. The molecule has 4 aliphatic heterocycles. The molecule has 0 aromatic heterocycles. The fourth-order valence-corrected chi connectivity index (χ4v) is 8.36. The lowest BCUT2D eigenvalue weighted by Crippen LogP contribution is -2.53. The lowest BCUT2D eigenvalue weighted by molar-refractivity contribution is -0.300. The molecule has 4 fully saturated rings. The minimum absolute atomic E-state index is 0.0146. The van der Waals surface area contributed by atoms with E-state index in [1.807, 2.05) is 6.92 Å². The first-order valence-electron chi connectivity index (χ1n) is 18.3. The van der Waals surface area contributed by atoms with Gasteiger partial charge in [0.25, 0.3) is 0 Å². The predicted octanol–water partition coefficient (Wildman–Crippen LogP) is 6.30. The summed E-state index contributed by atoms with van der Waals surface area (Å²) in [7, 11) is 1.65. The number of carboxylic acids is 1. The lowest BCUT2D eigenvalue weighted by atomic mass is 9.77. The van der Waals surface area contributed by atoms with Gasteiger partial charge in [-0.05, 0) is 68.1 Å². The summed E-state index contributed by atoms with van der Waals surface area (Å²) in [5, 5.41) is 9.78. The molecule has 0 aromatic carbocycles. The highest BCUT2D eigenvalue weighted by molar-refractivity contribution is 5.72. The van der Waals surface area contributed by atoms with Gasteiger partial charge < -0.3 is 43.0 Å². The molecule has 4 heterocycles. The standard InChI is InChI=1S/C37H66O10/c1-17-19(3)26(10)44-34(21(17)5)41-14-29-23(7)27(11)45-36(25(29)9)42-15-30-24(8)28(12)46-37(40-13)31(30)16-43-35-22(6)18(2)20(4)32(47-35)33(38)39/h17-32,34-37H,14-16H2,1-13H3,(H,38,39)/t17-,18+,19-,20-,21?,22?,23+,24+,25?,26?,27?,28?,29-,30-,31?,32?,34+,35-,36+,37+/m0/s1. The van der Waals surface area contributed by atoms with Crippen molar-refractivity contribution in [3.05, 3.63) is 0 Å². The van der Waals surface area contributed by atoms with Crippen LogP contribution in [-0.4, -0.2) is 87.6 Å². The Morgan fingerprint density at radius 3 is 1.40 bits per heavy atom. The average Bonchev–Trinajstić information content (AvgIpc) is 3.03. The normalized spacial score (nSPS) is 51.1. The van der Waals surface area contributed by atoms with Crippen LogP contribution >= 0.6 is 0 Å². The van der Waals surface area contributed by atoms with Gasteiger partial charge in [0.1, 0.15) is 0 Å². The Labute approximate surface area is 284 Å². The quantitative estimate of drug-likeness (QED) is 0.269. The molecule has 47 heavy (non-hydrogen) atoms. The Balaban J connectivity index is 1.42. The molecule has 10 heteroatoms. The van der Waals surface area contributed by atoms with Crippen LogP contribution in [0.15, 0.2) is 0 Å². The van der Waals surface area contributed by atoms with Gasteiger partial charge >= 0.3 is 5.97 Å². The molecule has 4 saturated heterocycles. The van der Waals surface area contributed by atoms with Gasteiger partial charge in [0.05, 0.1) is 38.1 Å². The van der Waals surface area contributed by atoms with E-state index in [0.717, 1.165) is 0 Å². The van der Waals surface area contributed by atoms with E-state index in [2.05, 4.69) is 76.2 Å². The molecule has 4 aliphatic rings. The number of methoxy groups -OCH3 is 1. The van der Waals surface area contributed by atoms with E-state index in [-0.39, 0.29) is 78.2 Å². The summed E-state index contributed by atoms with van der Waals surface area (Å²) in [5.41, 5.74) is 0. The van der Waals surface area contributed by atoms with Crippen LogP contribution in [0, 0.1) is 71.0 Å². The second-order valence-corrected chi connectivity index (χ2v) is 15.9. The van der Waals surface area contributed by atoms with Gasteiger partial charge in [-0.15, -0.1) is 0 Å². The van der Waals surface area contributed by atoms with E-state index in [4.69, 9.17) is 37.9 Å². The Hall–Kier alpha value is -0.850. The molecule has 20 atom stereocenters. The van der Waals surface area contributed by atoms with Gasteiger partial charge in [0, 0.05) is 30.8 Å². The molecule has 0 radical (unpaired) electrons. The van der Waals surface area contributed by atoms with Gasteiger partial charge in [0.2, 0.25) is 0 Å². The Morgan fingerprint density at radius 2 is 0.872 bits per heavy atom. The molecule has 0 bridgehead atoms. The third kappa shape index (κ3) is 8.38. The summed E-state index contributed by atoms with van der Waals surface area (Å²) >= 11 is 0. The van der Waals surface area contributed by atoms with Crippen LogP contribution in [0.1, 0.15) is 83.1 Å². The van der Waals surface area contributed by atoms with Crippen LogP contribution in [0.2, 0.25) is 0 Å². The minimum atomic E-state index is -0.956. The van der Waals surface area contributed by atoms with Crippen molar-refractivity contribution >= 4 is 5.97 Å². The highest BCUT2D eigenvalue weighted by atomic mass is 16.7. The molecule has 0 spiro atoms. The Morgan fingerprint density at radius 1 is 0.468 bits per heavy atom. The van der Waals surface area contributed by atoms with Crippen molar-refractivity contribution in [2.24, 2.45) is 71.0 Å². The molecular formula is C37H66O10. The zero-order chi connectivity index (χ0) is 34.9. The van der Waals surface area contributed by atoms with Gasteiger partial charge in [-0.1, -0.05) is 62.3 Å². The van der Waals surface area contributed by atoms with E-state index in [1.165, 1.54) is 0 Å². The van der Waals surface area contributed by atoms with Gasteiger partial charge in [-0.3, -0.25) is 0 Å². The highest BCUT2D eigenvalue weighted by Gasteiger charge is 2.48. The maximum atomic E-state index is 11.9. The van der Waals surface area contributed by atoms with E-state index in [9.17, 15) is 9.90 Å². The molecule has 1 N–H and O–H groups in total. The largest absolute Gasteiger partial charge is 0.479 e. The molecule has 0 aliphatic carbocycles. The van der Waals surface area contributed by atoms with Crippen molar-refractivity contribution in [3.63, 3.8) is 0 Å². The Kier molecular flexibility index (Phi) is 13.6. The number of carbonyl (C=O) groups is 1. The first-order chi connectivity index (χ1) is 22.1. The summed E-state index contributed by atoms with van der Waals surface area (Å²) in [5.74, 6) is 1.18. The summed E-state index contributed by atoms with van der Waals surface area (Å²) in [6, 6.07) is 0. The maximum Gasteiger partial charge on any atom is 0.333 e. The van der Waals surface area contributed by atoms with Gasteiger partial charge in [-0.2, -0.15) is 0 Å². The van der Waals surface area contributed by atoms with Crippen molar-refractivity contribution in [2.45, 2.75) is 133 Å². The fourth-order valence-electron chi connectivity index (χ4n) is 8.36. The topological polar surface area (TPSA) is 111 Å². The number of carboxylic acid groups (broad SMARTS) is 1. The third-order valence-corrected chi connectivity index (χ3v) is 13.4. The van der Waals surface area contributed by atoms with Crippen LogP contribution in [0.5, 0.6) is 0 Å². The van der Waals surface area contributed by atoms with Crippen molar-refractivity contribution < 1.29 is 47.8 Å². The molecule has 4 rings (SSSR count). The smallest absolute Gasteiger partial charge is 0.333 e. The number of hydrogen-bond acceptors (Lipinski definition) is 9. The average molecular weight is 671 g/mol. The zero-order valence-electron chi connectivity index (χ0n) is 31.3. The Bertz CT molecular complexity index is 996. The molecule has 0 amide bonds. The summed E-state index contributed by atoms with van der Waals surface area (Å²) < 4.78 is 50.6. The van der Waals surface area contributed by atoms with E-state index < -0.39 is 24.7 Å².